The molecule has 1 rings (SSSR count). The standard InChI is InChI=1S/C11H12N2O3/c1-4-11(2,3)13-10(16)7-5-8(14)12-9(15)6-7/h1,5-6H,2-3H3,(H,13,16)(H2,12,14,15). The maximum Gasteiger partial charge on any atom is 0.252 e. The lowest BCUT2D eigenvalue weighted by Crippen LogP contribution is -2.42. The van der Waals surface area contributed by atoms with Crippen molar-refractivity contribution in [3.63, 3.8) is 0 Å². The van der Waals surface area contributed by atoms with E-state index in [4.69, 9.17) is 11.5 Å². The van der Waals surface area contributed by atoms with Gasteiger partial charge in [-0.25, -0.2) is 0 Å². The van der Waals surface area contributed by atoms with Gasteiger partial charge in [0, 0.05) is 12.1 Å². The number of H-pyrrole nitrogens is 1. The van der Waals surface area contributed by atoms with E-state index >= 15 is 0 Å². The van der Waals surface area contributed by atoms with E-state index in [0.29, 0.717) is 0 Å². The maximum absolute atomic E-state index is 11.7. The molecule has 1 amide bonds. The topological polar surface area (TPSA) is 82.2 Å². The first-order valence-corrected chi connectivity index (χ1v) is 4.58. The van der Waals surface area contributed by atoms with Gasteiger partial charge in [0.05, 0.1) is 11.1 Å². The number of aromatic nitrogens is 1. The summed E-state index contributed by atoms with van der Waals surface area (Å²) >= 11 is 0. The minimum Gasteiger partial charge on any atom is -0.494 e. The third kappa shape index (κ3) is 2.89. The number of hydrogen-bond donors (Lipinski definition) is 3. The number of aromatic hydroxyl groups is 1. The van der Waals surface area contributed by atoms with E-state index in [2.05, 4.69) is 16.2 Å². The van der Waals surface area contributed by atoms with E-state index < -0.39 is 17.0 Å². The Hall–Kier alpha value is -2.22. The lowest BCUT2D eigenvalue weighted by Gasteiger charge is -2.19. The van der Waals surface area contributed by atoms with Crippen LogP contribution in [0, 0.1) is 12.3 Å². The van der Waals surface area contributed by atoms with E-state index in [9.17, 15) is 9.59 Å². The van der Waals surface area contributed by atoms with Gasteiger partial charge in [0.2, 0.25) is 0 Å². The van der Waals surface area contributed by atoms with E-state index in [1.54, 1.807) is 13.8 Å². The minimum atomic E-state index is -0.810. The van der Waals surface area contributed by atoms with Gasteiger partial charge in [0.15, 0.2) is 5.88 Å². The van der Waals surface area contributed by atoms with Crippen molar-refractivity contribution in [3.05, 3.63) is 28.0 Å². The van der Waals surface area contributed by atoms with E-state index in [0.717, 1.165) is 12.1 Å². The van der Waals surface area contributed by atoms with Crippen LogP contribution in [0.3, 0.4) is 0 Å². The fourth-order valence-corrected chi connectivity index (χ4v) is 1.05. The zero-order chi connectivity index (χ0) is 12.3. The monoisotopic (exact) mass is 220 g/mol. The van der Waals surface area contributed by atoms with Gasteiger partial charge < -0.3 is 10.4 Å². The van der Waals surface area contributed by atoms with Gasteiger partial charge in [-0.1, -0.05) is 5.92 Å². The molecule has 1 aromatic rings. The first kappa shape index (κ1) is 11.9. The predicted molar refractivity (Wildman–Crippen MR) is 59.1 cm³/mol. The van der Waals surface area contributed by atoms with Crippen LogP contribution in [-0.2, 0) is 0 Å². The zero-order valence-electron chi connectivity index (χ0n) is 9.00. The smallest absolute Gasteiger partial charge is 0.252 e. The second-order valence-electron chi connectivity index (χ2n) is 3.84. The van der Waals surface area contributed by atoms with Crippen LogP contribution in [0.1, 0.15) is 24.2 Å². The summed E-state index contributed by atoms with van der Waals surface area (Å²) in [6.07, 6.45) is 5.21. The number of aromatic amines is 1. The molecule has 0 aliphatic rings. The second kappa shape index (κ2) is 4.11. The van der Waals surface area contributed by atoms with Crippen LogP contribution >= 0.6 is 0 Å². The normalized spacial score (nSPS) is 10.6. The third-order valence-corrected chi connectivity index (χ3v) is 1.88. The number of hydrogen-bond acceptors (Lipinski definition) is 3. The van der Waals surface area contributed by atoms with Gasteiger partial charge in [-0.05, 0) is 13.8 Å². The molecule has 0 atom stereocenters. The first-order valence-electron chi connectivity index (χ1n) is 4.58. The summed E-state index contributed by atoms with van der Waals surface area (Å²) in [6.45, 7) is 3.30. The van der Waals surface area contributed by atoms with Crippen LogP contribution in [0.5, 0.6) is 5.88 Å². The van der Waals surface area contributed by atoms with E-state index in [-0.39, 0.29) is 11.4 Å². The van der Waals surface area contributed by atoms with Crippen molar-refractivity contribution in [1.29, 1.82) is 0 Å². The molecule has 0 spiro atoms. The van der Waals surface area contributed by atoms with Crippen LogP contribution in [0.4, 0.5) is 0 Å². The molecule has 0 fully saturated rings. The van der Waals surface area contributed by atoms with E-state index in [1.807, 2.05) is 0 Å². The molecule has 0 unspecified atom stereocenters. The average Bonchev–Trinajstić information content (AvgIpc) is 2.15. The van der Waals surface area contributed by atoms with Crippen LogP contribution in [0.2, 0.25) is 0 Å². The number of amides is 1. The molecule has 1 aromatic heterocycles. The van der Waals surface area contributed by atoms with Gasteiger partial charge >= 0.3 is 0 Å². The number of carbonyl (C=O) groups is 1. The van der Waals surface area contributed by atoms with Gasteiger partial charge in [-0.15, -0.1) is 6.42 Å². The predicted octanol–water partition coefficient (Wildman–Crippen LogP) is 0.222. The Labute approximate surface area is 92.5 Å². The van der Waals surface area contributed by atoms with Crippen LogP contribution < -0.4 is 10.9 Å². The second-order valence-corrected chi connectivity index (χ2v) is 3.84. The number of pyridine rings is 1. The highest BCUT2D eigenvalue weighted by molar-refractivity contribution is 5.95. The Morgan fingerprint density at radius 1 is 1.56 bits per heavy atom. The molecule has 5 heteroatoms. The molecule has 0 saturated heterocycles. The summed E-state index contributed by atoms with van der Waals surface area (Å²) in [6, 6.07) is 2.24. The summed E-state index contributed by atoms with van der Waals surface area (Å²) in [5.41, 5.74) is -1.30. The van der Waals surface area contributed by atoms with Gasteiger partial charge in [0.25, 0.3) is 11.5 Å². The Morgan fingerprint density at radius 3 is 2.69 bits per heavy atom. The lowest BCUT2D eigenvalue weighted by atomic mass is 10.1. The Balaban J connectivity index is 2.99. The molecular weight excluding hydrogens is 208 g/mol. The van der Waals surface area contributed by atoms with Crippen molar-refractivity contribution in [2.75, 3.05) is 0 Å². The van der Waals surface area contributed by atoms with Crippen LogP contribution in [0.25, 0.3) is 0 Å². The van der Waals surface area contributed by atoms with Crippen LogP contribution in [-0.4, -0.2) is 21.5 Å². The fourth-order valence-electron chi connectivity index (χ4n) is 1.05. The number of carbonyl (C=O) groups excluding carboxylic acids is 1. The molecule has 0 aromatic carbocycles. The molecule has 0 bridgehead atoms. The molecule has 0 aliphatic carbocycles. The van der Waals surface area contributed by atoms with Gasteiger partial charge in [-0.3, -0.25) is 14.6 Å². The van der Waals surface area contributed by atoms with Crippen molar-refractivity contribution < 1.29 is 9.90 Å². The van der Waals surface area contributed by atoms with E-state index in [1.165, 1.54) is 0 Å². The lowest BCUT2D eigenvalue weighted by molar-refractivity contribution is 0.0929. The number of nitrogens with one attached hydrogen (secondary N) is 2. The molecule has 0 aliphatic heterocycles. The third-order valence-electron chi connectivity index (χ3n) is 1.88. The summed E-state index contributed by atoms with van der Waals surface area (Å²) < 4.78 is 0. The summed E-state index contributed by atoms with van der Waals surface area (Å²) in [4.78, 5) is 24.8. The molecule has 0 radical (unpaired) electrons. The molecule has 5 nitrogen and oxygen atoms in total. The molecular formula is C11H12N2O3. The minimum absolute atomic E-state index is 0.0598. The largest absolute Gasteiger partial charge is 0.494 e. The number of terminal acetylenes is 1. The highest BCUT2D eigenvalue weighted by Crippen LogP contribution is 2.06. The molecule has 16 heavy (non-hydrogen) atoms. The summed E-state index contributed by atoms with van der Waals surface area (Å²) in [7, 11) is 0. The Bertz CT molecular complexity index is 509. The Kier molecular flexibility index (Phi) is 3.04. The highest BCUT2D eigenvalue weighted by Gasteiger charge is 2.18. The summed E-state index contributed by atoms with van der Waals surface area (Å²) in [5.74, 6) is 1.52. The van der Waals surface area contributed by atoms with Crippen molar-refractivity contribution >= 4 is 5.91 Å². The quantitative estimate of drug-likeness (QED) is 0.623. The molecule has 84 valence electrons. The van der Waals surface area contributed by atoms with Crippen molar-refractivity contribution in [2.24, 2.45) is 0 Å². The molecule has 0 saturated carbocycles. The molecule has 1 heterocycles. The maximum atomic E-state index is 11.7. The van der Waals surface area contributed by atoms with Gasteiger partial charge in [-0.2, -0.15) is 0 Å². The van der Waals surface area contributed by atoms with Crippen molar-refractivity contribution in [2.45, 2.75) is 19.4 Å². The SMILES string of the molecule is C#CC(C)(C)NC(=O)c1cc(O)[nH]c(=O)c1. The highest BCUT2D eigenvalue weighted by atomic mass is 16.3. The fraction of sp³-hybridized carbons (Fsp3) is 0.273. The van der Waals surface area contributed by atoms with Crippen LogP contribution in [0.15, 0.2) is 16.9 Å². The van der Waals surface area contributed by atoms with Crippen molar-refractivity contribution in [1.82, 2.24) is 10.3 Å². The first-order chi connectivity index (χ1) is 7.34. The Morgan fingerprint density at radius 2 is 2.19 bits per heavy atom. The van der Waals surface area contributed by atoms with Crippen molar-refractivity contribution in [3.8, 4) is 18.2 Å². The number of rotatable bonds is 2. The summed E-state index contributed by atoms with van der Waals surface area (Å²) in [5, 5.41) is 11.7. The zero-order valence-corrected chi connectivity index (χ0v) is 9.00. The molecule has 3 N–H and O–H groups in total. The average molecular weight is 220 g/mol. The van der Waals surface area contributed by atoms with Gasteiger partial charge in [0.1, 0.15) is 0 Å².